The summed E-state index contributed by atoms with van der Waals surface area (Å²) >= 11 is 2.16. The van der Waals surface area contributed by atoms with Crippen molar-refractivity contribution in [2.75, 3.05) is 7.11 Å². The van der Waals surface area contributed by atoms with E-state index in [9.17, 15) is 9.59 Å². The molecule has 0 fully saturated rings. The highest BCUT2D eigenvalue weighted by Crippen LogP contribution is 2.15. The quantitative estimate of drug-likeness (QED) is 0.465. The van der Waals surface area contributed by atoms with Crippen LogP contribution in [0.25, 0.3) is 0 Å². The number of ether oxygens (including phenoxy) is 2. The maximum absolute atomic E-state index is 11.9. The molecule has 0 unspecified atom stereocenters. The summed E-state index contributed by atoms with van der Waals surface area (Å²) in [5, 5.41) is 0. The first-order chi connectivity index (χ1) is 9.60. The fourth-order valence-corrected chi connectivity index (χ4v) is 1.89. The number of benzene rings is 2. The summed E-state index contributed by atoms with van der Waals surface area (Å²) in [6, 6.07) is 13.3. The van der Waals surface area contributed by atoms with Gasteiger partial charge in [-0.25, -0.2) is 9.59 Å². The van der Waals surface area contributed by atoms with Gasteiger partial charge in [-0.1, -0.05) is 0 Å². The van der Waals surface area contributed by atoms with Crippen LogP contribution in [0.15, 0.2) is 48.5 Å². The number of halogens is 1. The van der Waals surface area contributed by atoms with Crippen molar-refractivity contribution in [3.8, 4) is 5.75 Å². The van der Waals surface area contributed by atoms with Crippen LogP contribution in [-0.2, 0) is 4.74 Å². The minimum Gasteiger partial charge on any atom is -0.465 e. The molecule has 20 heavy (non-hydrogen) atoms. The molecule has 0 saturated carbocycles. The molecule has 0 amide bonds. The predicted molar refractivity (Wildman–Crippen MR) is 81.9 cm³/mol. The van der Waals surface area contributed by atoms with E-state index >= 15 is 0 Å². The summed E-state index contributed by atoms with van der Waals surface area (Å²) in [5.74, 6) is -0.492. The van der Waals surface area contributed by atoms with Gasteiger partial charge in [0.25, 0.3) is 0 Å². The molecule has 0 radical (unpaired) electrons. The Bertz CT molecular complexity index is 617. The molecule has 0 aromatic heterocycles. The van der Waals surface area contributed by atoms with Gasteiger partial charge in [-0.15, -0.1) is 0 Å². The molecule has 102 valence electrons. The minimum absolute atomic E-state index is 0.376. The highest BCUT2D eigenvalue weighted by Gasteiger charge is 2.09. The minimum atomic E-state index is -0.438. The van der Waals surface area contributed by atoms with Crippen molar-refractivity contribution in [1.29, 1.82) is 0 Å². The molecular formula is C15H11IO4. The van der Waals surface area contributed by atoms with E-state index in [-0.39, 0.29) is 0 Å². The molecule has 0 aliphatic heterocycles. The van der Waals surface area contributed by atoms with Gasteiger partial charge in [0, 0.05) is 3.57 Å². The van der Waals surface area contributed by atoms with Crippen molar-refractivity contribution in [1.82, 2.24) is 0 Å². The van der Waals surface area contributed by atoms with Crippen molar-refractivity contribution < 1.29 is 19.1 Å². The first-order valence-electron chi connectivity index (χ1n) is 5.76. The Kier molecular flexibility index (Phi) is 4.73. The first kappa shape index (κ1) is 14.5. The van der Waals surface area contributed by atoms with E-state index in [0.717, 1.165) is 3.57 Å². The molecule has 0 saturated heterocycles. The molecule has 2 aromatic carbocycles. The summed E-state index contributed by atoms with van der Waals surface area (Å²) in [6.45, 7) is 0. The van der Waals surface area contributed by atoms with Crippen LogP contribution >= 0.6 is 22.6 Å². The maximum Gasteiger partial charge on any atom is 0.343 e. The Labute approximate surface area is 129 Å². The summed E-state index contributed by atoms with van der Waals surface area (Å²) < 4.78 is 10.8. The highest BCUT2D eigenvalue weighted by molar-refractivity contribution is 14.1. The van der Waals surface area contributed by atoms with E-state index in [1.807, 2.05) is 12.1 Å². The Morgan fingerprint density at radius 1 is 0.850 bits per heavy atom. The number of esters is 2. The Hall–Kier alpha value is -1.89. The van der Waals surface area contributed by atoms with Crippen LogP contribution in [0, 0.1) is 3.57 Å². The molecule has 0 aliphatic carbocycles. The van der Waals surface area contributed by atoms with Crippen molar-refractivity contribution in [2.45, 2.75) is 0 Å². The average Bonchev–Trinajstić information content (AvgIpc) is 2.48. The fourth-order valence-electron chi connectivity index (χ4n) is 1.53. The van der Waals surface area contributed by atoms with Crippen LogP contribution in [0.3, 0.4) is 0 Å². The van der Waals surface area contributed by atoms with Crippen LogP contribution in [0.1, 0.15) is 20.7 Å². The average molecular weight is 382 g/mol. The smallest absolute Gasteiger partial charge is 0.343 e. The summed E-state index contributed by atoms with van der Waals surface area (Å²) in [4.78, 5) is 23.2. The van der Waals surface area contributed by atoms with Crippen molar-refractivity contribution in [3.05, 3.63) is 63.2 Å². The van der Waals surface area contributed by atoms with E-state index in [4.69, 9.17) is 4.74 Å². The van der Waals surface area contributed by atoms with E-state index in [0.29, 0.717) is 16.9 Å². The largest absolute Gasteiger partial charge is 0.465 e. The SMILES string of the molecule is COC(=O)c1ccc(OC(=O)c2ccc(I)cc2)cc1. The predicted octanol–water partition coefficient (Wildman–Crippen LogP) is 3.30. The van der Waals surface area contributed by atoms with Crippen LogP contribution in [0.5, 0.6) is 5.75 Å². The monoisotopic (exact) mass is 382 g/mol. The second-order valence-corrected chi connectivity index (χ2v) is 5.16. The summed E-state index contributed by atoms with van der Waals surface area (Å²) in [5.41, 5.74) is 0.879. The second kappa shape index (κ2) is 6.51. The van der Waals surface area contributed by atoms with E-state index in [1.54, 1.807) is 36.4 Å². The van der Waals surface area contributed by atoms with Crippen molar-refractivity contribution in [3.63, 3.8) is 0 Å². The van der Waals surface area contributed by atoms with Crippen LogP contribution in [-0.4, -0.2) is 19.0 Å². The number of rotatable bonds is 3. The number of carbonyl (C=O) groups is 2. The normalized spacial score (nSPS) is 9.90. The third-order valence-electron chi connectivity index (χ3n) is 2.57. The summed E-state index contributed by atoms with van der Waals surface area (Å²) in [7, 11) is 1.31. The van der Waals surface area contributed by atoms with Gasteiger partial charge in [-0.2, -0.15) is 0 Å². The van der Waals surface area contributed by atoms with Crippen molar-refractivity contribution in [2.24, 2.45) is 0 Å². The number of carbonyl (C=O) groups excluding carboxylic acids is 2. The molecule has 0 aliphatic rings. The Balaban J connectivity index is 2.08. The van der Waals surface area contributed by atoms with E-state index < -0.39 is 11.9 Å². The molecule has 0 heterocycles. The van der Waals surface area contributed by atoms with Gasteiger partial charge < -0.3 is 9.47 Å². The zero-order valence-corrected chi connectivity index (χ0v) is 12.8. The van der Waals surface area contributed by atoms with Gasteiger partial charge in [0.2, 0.25) is 0 Å². The molecule has 0 atom stereocenters. The van der Waals surface area contributed by atoms with Crippen LogP contribution in [0.2, 0.25) is 0 Å². The van der Waals surface area contributed by atoms with Crippen LogP contribution < -0.4 is 4.74 Å². The fraction of sp³-hybridized carbons (Fsp3) is 0.0667. The van der Waals surface area contributed by atoms with Gasteiger partial charge in [0.05, 0.1) is 18.2 Å². The molecular weight excluding hydrogens is 371 g/mol. The zero-order valence-electron chi connectivity index (χ0n) is 10.6. The molecule has 2 rings (SSSR count). The Morgan fingerprint density at radius 3 is 1.90 bits per heavy atom. The number of methoxy groups -OCH3 is 1. The van der Waals surface area contributed by atoms with Crippen LogP contribution in [0.4, 0.5) is 0 Å². The second-order valence-electron chi connectivity index (χ2n) is 3.91. The lowest BCUT2D eigenvalue weighted by molar-refractivity contribution is 0.0600. The lowest BCUT2D eigenvalue weighted by Crippen LogP contribution is -2.08. The van der Waals surface area contributed by atoms with Gasteiger partial charge in [0.1, 0.15) is 5.75 Å². The summed E-state index contributed by atoms with van der Waals surface area (Å²) in [6.07, 6.45) is 0. The molecule has 0 N–H and O–H groups in total. The van der Waals surface area contributed by atoms with E-state index in [2.05, 4.69) is 27.3 Å². The zero-order chi connectivity index (χ0) is 14.5. The molecule has 2 aromatic rings. The molecule has 0 bridgehead atoms. The first-order valence-corrected chi connectivity index (χ1v) is 6.84. The number of hydrogen-bond acceptors (Lipinski definition) is 4. The van der Waals surface area contributed by atoms with Gasteiger partial charge in [-0.05, 0) is 71.1 Å². The Morgan fingerprint density at radius 2 is 1.35 bits per heavy atom. The highest BCUT2D eigenvalue weighted by atomic mass is 127. The topological polar surface area (TPSA) is 52.6 Å². The van der Waals surface area contributed by atoms with Gasteiger partial charge >= 0.3 is 11.9 Å². The van der Waals surface area contributed by atoms with Gasteiger partial charge in [-0.3, -0.25) is 0 Å². The standard InChI is InChI=1S/C15H11IO4/c1-19-14(17)10-4-8-13(9-5-10)20-15(18)11-2-6-12(16)7-3-11/h2-9H,1H3. The third kappa shape index (κ3) is 3.57. The lowest BCUT2D eigenvalue weighted by atomic mass is 10.2. The third-order valence-corrected chi connectivity index (χ3v) is 3.29. The molecule has 0 spiro atoms. The van der Waals surface area contributed by atoms with Crippen molar-refractivity contribution >= 4 is 34.5 Å². The van der Waals surface area contributed by atoms with E-state index in [1.165, 1.54) is 7.11 Å². The lowest BCUT2D eigenvalue weighted by Gasteiger charge is -2.05. The molecule has 4 nitrogen and oxygen atoms in total. The maximum atomic E-state index is 11.9. The number of hydrogen-bond donors (Lipinski definition) is 0. The molecule has 5 heteroatoms. The van der Waals surface area contributed by atoms with Gasteiger partial charge in [0.15, 0.2) is 0 Å².